The second-order valence-electron chi connectivity index (χ2n) is 5.71. The maximum absolute atomic E-state index is 11.7. The SMILES string of the molecule is CC[C@@]1(C)CC(=O)C=C(C)[C@]1(O)/C=C/C(C)=C\C(=O)O. The summed E-state index contributed by atoms with van der Waals surface area (Å²) in [6.07, 6.45) is 6.67. The van der Waals surface area contributed by atoms with Gasteiger partial charge in [0.05, 0.1) is 0 Å². The van der Waals surface area contributed by atoms with Crippen LogP contribution in [0.3, 0.4) is 0 Å². The number of carbonyl (C=O) groups is 2. The molecule has 0 unspecified atom stereocenters. The second-order valence-corrected chi connectivity index (χ2v) is 5.71. The van der Waals surface area contributed by atoms with Gasteiger partial charge in [-0.05, 0) is 43.6 Å². The fourth-order valence-corrected chi connectivity index (χ4v) is 2.62. The molecule has 1 aliphatic carbocycles. The summed E-state index contributed by atoms with van der Waals surface area (Å²) in [6.45, 7) is 7.20. The van der Waals surface area contributed by atoms with E-state index < -0.39 is 17.0 Å². The highest BCUT2D eigenvalue weighted by Gasteiger charge is 2.48. The Bertz CT molecular complexity index is 513. The predicted molar refractivity (Wildman–Crippen MR) is 77.3 cm³/mol. The summed E-state index contributed by atoms with van der Waals surface area (Å²) in [7, 11) is 0. The van der Waals surface area contributed by atoms with E-state index in [9.17, 15) is 14.7 Å². The first kappa shape index (κ1) is 16.4. The normalized spacial score (nSPS) is 31.6. The standard InChI is InChI=1S/C16H22O4/c1-5-15(4)10-13(17)9-12(3)16(15,20)7-6-11(2)8-14(18)19/h6-9,20H,5,10H2,1-4H3,(H,18,19)/b7-6+,11-8-/t15-,16+/m0/s1. The van der Waals surface area contributed by atoms with Gasteiger partial charge in [0.25, 0.3) is 0 Å². The summed E-state index contributed by atoms with van der Waals surface area (Å²) in [5, 5.41) is 19.7. The van der Waals surface area contributed by atoms with E-state index in [0.717, 1.165) is 6.08 Å². The van der Waals surface area contributed by atoms with Crippen molar-refractivity contribution in [1.82, 2.24) is 0 Å². The third kappa shape index (κ3) is 3.07. The molecule has 0 saturated heterocycles. The topological polar surface area (TPSA) is 74.6 Å². The quantitative estimate of drug-likeness (QED) is 0.612. The average molecular weight is 278 g/mol. The van der Waals surface area contributed by atoms with Crippen LogP contribution in [0, 0.1) is 5.41 Å². The highest BCUT2D eigenvalue weighted by atomic mass is 16.4. The van der Waals surface area contributed by atoms with Gasteiger partial charge >= 0.3 is 5.97 Å². The number of rotatable bonds is 4. The molecule has 0 aromatic heterocycles. The van der Waals surface area contributed by atoms with Gasteiger partial charge in [0.15, 0.2) is 5.78 Å². The lowest BCUT2D eigenvalue weighted by Gasteiger charge is -2.46. The molecule has 2 atom stereocenters. The monoisotopic (exact) mass is 278 g/mol. The predicted octanol–water partition coefficient (Wildman–Crippen LogP) is 2.64. The minimum Gasteiger partial charge on any atom is -0.478 e. The minimum absolute atomic E-state index is 0.0164. The summed E-state index contributed by atoms with van der Waals surface area (Å²) < 4.78 is 0. The number of aliphatic hydroxyl groups is 1. The number of aliphatic carboxylic acids is 1. The van der Waals surface area contributed by atoms with Crippen molar-refractivity contribution >= 4 is 11.8 Å². The summed E-state index contributed by atoms with van der Waals surface area (Å²) >= 11 is 0. The average Bonchev–Trinajstić information content (AvgIpc) is 2.33. The van der Waals surface area contributed by atoms with E-state index in [2.05, 4.69) is 0 Å². The zero-order chi connectivity index (χ0) is 15.6. The van der Waals surface area contributed by atoms with Crippen molar-refractivity contribution in [1.29, 1.82) is 0 Å². The summed E-state index contributed by atoms with van der Waals surface area (Å²) in [6, 6.07) is 0. The lowest BCUT2D eigenvalue weighted by atomic mass is 9.62. The molecule has 0 radical (unpaired) electrons. The van der Waals surface area contributed by atoms with Gasteiger partial charge in [-0.3, -0.25) is 4.79 Å². The molecule has 1 rings (SSSR count). The number of carboxylic acid groups (broad SMARTS) is 1. The fraction of sp³-hybridized carbons (Fsp3) is 0.500. The highest BCUT2D eigenvalue weighted by Crippen LogP contribution is 2.46. The van der Waals surface area contributed by atoms with Crippen LogP contribution in [-0.4, -0.2) is 27.6 Å². The maximum atomic E-state index is 11.7. The number of carboxylic acids is 1. The van der Waals surface area contributed by atoms with Crippen LogP contribution in [0.5, 0.6) is 0 Å². The van der Waals surface area contributed by atoms with Gasteiger partial charge in [-0.2, -0.15) is 0 Å². The Labute approximate surface area is 119 Å². The van der Waals surface area contributed by atoms with E-state index in [0.29, 0.717) is 17.6 Å². The van der Waals surface area contributed by atoms with Crippen molar-refractivity contribution in [2.45, 2.75) is 46.1 Å². The van der Waals surface area contributed by atoms with Gasteiger partial charge < -0.3 is 10.2 Å². The maximum Gasteiger partial charge on any atom is 0.328 e. The van der Waals surface area contributed by atoms with Crippen LogP contribution in [0.15, 0.2) is 35.5 Å². The molecular formula is C16H22O4. The van der Waals surface area contributed by atoms with Crippen molar-refractivity contribution in [2.24, 2.45) is 5.41 Å². The molecule has 0 saturated carbocycles. The van der Waals surface area contributed by atoms with E-state index in [1.807, 2.05) is 13.8 Å². The number of allylic oxidation sites excluding steroid dienone is 3. The second kappa shape index (κ2) is 5.75. The Morgan fingerprint density at radius 2 is 2.10 bits per heavy atom. The van der Waals surface area contributed by atoms with Crippen LogP contribution in [0.4, 0.5) is 0 Å². The molecule has 0 heterocycles. The fourth-order valence-electron chi connectivity index (χ4n) is 2.62. The molecule has 4 heteroatoms. The molecular weight excluding hydrogens is 256 g/mol. The first-order valence-corrected chi connectivity index (χ1v) is 6.69. The van der Waals surface area contributed by atoms with Gasteiger partial charge in [-0.25, -0.2) is 4.79 Å². The third-order valence-electron chi connectivity index (χ3n) is 4.18. The van der Waals surface area contributed by atoms with Crippen LogP contribution >= 0.6 is 0 Å². The van der Waals surface area contributed by atoms with Gasteiger partial charge in [-0.15, -0.1) is 0 Å². The summed E-state index contributed by atoms with van der Waals surface area (Å²) in [5.41, 5.74) is -0.682. The number of carbonyl (C=O) groups excluding carboxylic acids is 1. The van der Waals surface area contributed by atoms with Crippen LogP contribution < -0.4 is 0 Å². The molecule has 0 spiro atoms. The molecule has 0 bridgehead atoms. The van der Waals surface area contributed by atoms with Crippen molar-refractivity contribution in [3.05, 3.63) is 35.5 Å². The van der Waals surface area contributed by atoms with Gasteiger partial charge in [0.1, 0.15) is 5.60 Å². The molecule has 1 aliphatic rings. The molecule has 0 amide bonds. The minimum atomic E-state index is -1.23. The zero-order valence-corrected chi connectivity index (χ0v) is 12.4. The Kier molecular flexibility index (Phi) is 4.71. The lowest BCUT2D eigenvalue weighted by molar-refractivity contribution is -0.131. The van der Waals surface area contributed by atoms with Gasteiger partial charge in [0, 0.05) is 17.9 Å². The third-order valence-corrected chi connectivity index (χ3v) is 4.18. The first-order chi connectivity index (χ1) is 9.14. The van der Waals surface area contributed by atoms with Crippen molar-refractivity contribution in [3.8, 4) is 0 Å². The van der Waals surface area contributed by atoms with E-state index in [-0.39, 0.29) is 12.2 Å². The zero-order valence-electron chi connectivity index (χ0n) is 12.4. The Morgan fingerprint density at radius 1 is 1.50 bits per heavy atom. The smallest absolute Gasteiger partial charge is 0.328 e. The Hall–Kier alpha value is -1.68. The molecule has 0 fully saturated rings. The first-order valence-electron chi connectivity index (χ1n) is 6.69. The van der Waals surface area contributed by atoms with Crippen molar-refractivity contribution in [2.75, 3.05) is 0 Å². The van der Waals surface area contributed by atoms with E-state index in [4.69, 9.17) is 5.11 Å². The van der Waals surface area contributed by atoms with E-state index in [1.54, 1.807) is 26.0 Å². The van der Waals surface area contributed by atoms with Gasteiger partial charge in [0.2, 0.25) is 0 Å². The van der Waals surface area contributed by atoms with Crippen LogP contribution in [0.2, 0.25) is 0 Å². The van der Waals surface area contributed by atoms with Crippen molar-refractivity contribution < 1.29 is 19.8 Å². The number of hydrogen-bond donors (Lipinski definition) is 2. The summed E-state index contributed by atoms with van der Waals surface area (Å²) in [5.74, 6) is -1.01. The van der Waals surface area contributed by atoms with Crippen molar-refractivity contribution in [3.63, 3.8) is 0 Å². The number of hydrogen-bond acceptors (Lipinski definition) is 3. The Morgan fingerprint density at radius 3 is 2.60 bits per heavy atom. The molecule has 2 N–H and O–H groups in total. The molecule has 110 valence electrons. The van der Waals surface area contributed by atoms with E-state index in [1.165, 1.54) is 6.08 Å². The highest BCUT2D eigenvalue weighted by molar-refractivity contribution is 5.92. The number of ketones is 1. The lowest BCUT2D eigenvalue weighted by Crippen LogP contribution is -2.49. The summed E-state index contributed by atoms with van der Waals surface area (Å²) in [4.78, 5) is 22.3. The van der Waals surface area contributed by atoms with Crippen LogP contribution in [0.25, 0.3) is 0 Å². The van der Waals surface area contributed by atoms with Gasteiger partial charge in [-0.1, -0.05) is 19.9 Å². The molecule has 20 heavy (non-hydrogen) atoms. The molecule has 0 aliphatic heterocycles. The molecule has 0 aromatic carbocycles. The Balaban J connectivity index is 3.22. The molecule has 4 nitrogen and oxygen atoms in total. The van der Waals surface area contributed by atoms with Crippen LogP contribution in [0.1, 0.15) is 40.5 Å². The van der Waals surface area contributed by atoms with E-state index >= 15 is 0 Å². The largest absolute Gasteiger partial charge is 0.478 e. The molecule has 0 aromatic rings. The van der Waals surface area contributed by atoms with Crippen LogP contribution in [-0.2, 0) is 9.59 Å².